The van der Waals surface area contributed by atoms with Crippen LogP contribution < -0.4 is 11.1 Å². The molecule has 3 N–H and O–H groups in total. The van der Waals surface area contributed by atoms with E-state index in [1.807, 2.05) is 0 Å². The van der Waals surface area contributed by atoms with Crippen molar-refractivity contribution in [2.75, 3.05) is 6.54 Å². The number of nitrogens with one attached hydrogen (secondary N) is 1. The number of alkyl halides is 3. The average molecular weight is 263 g/mol. The third-order valence-electron chi connectivity index (χ3n) is 3.29. The van der Waals surface area contributed by atoms with Gasteiger partial charge >= 0.3 is 6.18 Å². The summed E-state index contributed by atoms with van der Waals surface area (Å²) >= 11 is 0. The molecule has 1 fully saturated rings. The van der Waals surface area contributed by atoms with E-state index in [4.69, 9.17) is 11.0 Å². The van der Waals surface area contributed by atoms with Gasteiger partial charge in [0.2, 0.25) is 5.91 Å². The molecule has 1 rings (SSSR count). The van der Waals surface area contributed by atoms with Gasteiger partial charge in [0.05, 0.1) is 6.07 Å². The molecule has 102 valence electrons. The lowest BCUT2D eigenvalue weighted by Crippen LogP contribution is -2.41. The SMILES string of the molecule is N#CC(CNC1CCC(C(N)=O)CC1)C(F)(F)F. The predicted molar refractivity (Wildman–Crippen MR) is 58.1 cm³/mol. The van der Waals surface area contributed by atoms with Crippen molar-refractivity contribution in [3.05, 3.63) is 0 Å². The normalized spacial score (nSPS) is 26.3. The number of hydrogen-bond acceptors (Lipinski definition) is 3. The van der Waals surface area contributed by atoms with Crippen LogP contribution in [0.1, 0.15) is 25.7 Å². The van der Waals surface area contributed by atoms with E-state index in [0.717, 1.165) is 0 Å². The Morgan fingerprint density at radius 2 is 1.94 bits per heavy atom. The van der Waals surface area contributed by atoms with Crippen LogP contribution in [0.15, 0.2) is 0 Å². The fraction of sp³-hybridized carbons (Fsp3) is 0.818. The second-order valence-corrected chi connectivity index (χ2v) is 4.58. The minimum Gasteiger partial charge on any atom is -0.369 e. The molecular formula is C11H16F3N3O. The van der Waals surface area contributed by atoms with Crippen molar-refractivity contribution in [2.45, 2.75) is 37.9 Å². The molecule has 7 heteroatoms. The fourth-order valence-electron chi connectivity index (χ4n) is 2.10. The number of hydrogen-bond donors (Lipinski definition) is 2. The standard InChI is InChI=1S/C11H16F3N3O/c12-11(13,14)8(5-15)6-17-9-3-1-7(2-4-9)10(16)18/h7-9,17H,1-4,6H2,(H2,16,18). The maximum absolute atomic E-state index is 12.3. The summed E-state index contributed by atoms with van der Waals surface area (Å²) in [7, 11) is 0. The molecular weight excluding hydrogens is 247 g/mol. The summed E-state index contributed by atoms with van der Waals surface area (Å²) in [6.07, 6.45) is -2.08. The zero-order valence-corrected chi connectivity index (χ0v) is 9.83. The van der Waals surface area contributed by atoms with Crippen LogP contribution in [0.4, 0.5) is 13.2 Å². The smallest absolute Gasteiger partial charge is 0.369 e. The van der Waals surface area contributed by atoms with Gasteiger partial charge in [-0.05, 0) is 25.7 Å². The highest BCUT2D eigenvalue weighted by atomic mass is 19.4. The maximum Gasteiger partial charge on any atom is 0.405 e. The first-order chi connectivity index (χ1) is 8.34. The Morgan fingerprint density at radius 1 is 1.39 bits per heavy atom. The molecule has 0 saturated heterocycles. The van der Waals surface area contributed by atoms with Gasteiger partial charge in [0, 0.05) is 18.5 Å². The largest absolute Gasteiger partial charge is 0.405 e. The summed E-state index contributed by atoms with van der Waals surface area (Å²) < 4.78 is 37.0. The zero-order chi connectivity index (χ0) is 13.8. The second kappa shape index (κ2) is 6.05. The first-order valence-electron chi connectivity index (χ1n) is 5.83. The Balaban J connectivity index is 2.34. The van der Waals surface area contributed by atoms with Crippen LogP contribution in [0.25, 0.3) is 0 Å². The van der Waals surface area contributed by atoms with Crippen molar-refractivity contribution >= 4 is 5.91 Å². The third kappa shape index (κ3) is 4.18. The minimum absolute atomic E-state index is 0.0706. The van der Waals surface area contributed by atoms with Gasteiger partial charge in [-0.3, -0.25) is 4.79 Å². The zero-order valence-electron chi connectivity index (χ0n) is 9.83. The molecule has 0 aliphatic heterocycles. The molecule has 1 saturated carbocycles. The number of carbonyl (C=O) groups is 1. The van der Waals surface area contributed by atoms with Gasteiger partial charge in [0.1, 0.15) is 0 Å². The van der Waals surface area contributed by atoms with E-state index in [0.29, 0.717) is 25.7 Å². The van der Waals surface area contributed by atoms with E-state index in [1.165, 1.54) is 6.07 Å². The van der Waals surface area contributed by atoms with Gasteiger partial charge in [-0.15, -0.1) is 0 Å². The quantitative estimate of drug-likeness (QED) is 0.803. The van der Waals surface area contributed by atoms with Gasteiger partial charge in [-0.25, -0.2) is 0 Å². The van der Waals surface area contributed by atoms with Gasteiger partial charge in [-0.2, -0.15) is 18.4 Å². The summed E-state index contributed by atoms with van der Waals surface area (Å²) in [6.45, 7) is -0.397. The van der Waals surface area contributed by atoms with Crippen molar-refractivity contribution in [1.82, 2.24) is 5.32 Å². The number of rotatable bonds is 4. The van der Waals surface area contributed by atoms with E-state index in [-0.39, 0.29) is 17.9 Å². The molecule has 1 amide bonds. The Morgan fingerprint density at radius 3 is 2.33 bits per heavy atom. The van der Waals surface area contributed by atoms with E-state index < -0.39 is 18.6 Å². The topological polar surface area (TPSA) is 78.9 Å². The molecule has 1 unspecified atom stereocenters. The number of halogens is 3. The Hall–Kier alpha value is -1.29. The lowest BCUT2D eigenvalue weighted by molar-refractivity contribution is -0.158. The molecule has 1 aliphatic carbocycles. The van der Waals surface area contributed by atoms with E-state index in [1.54, 1.807) is 0 Å². The molecule has 1 aliphatic rings. The predicted octanol–water partition coefficient (Wildman–Crippen LogP) is 1.32. The number of amides is 1. The number of nitrogens with two attached hydrogens (primary N) is 1. The molecule has 0 aromatic carbocycles. The Labute approximate surface area is 103 Å². The van der Waals surface area contributed by atoms with Crippen LogP contribution in [0.5, 0.6) is 0 Å². The molecule has 0 heterocycles. The van der Waals surface area contributed by atoms with Gasteiger partial charge in [0.25, 0.3) is 0 Å². The van der Waals surface area contributed by atoms with Crippen molar-refractivity contribution < 1.29 is 18.0 Å². The highest BCUT2D eigenvalue weighted by Crippen LogP contribution is 2.27. The van der Waals surface area contributed by atoms with Crippen molar-refractivity contribution in [3.8, 4) is 6.07 Å². The summed E-state index contributed by atoms with van der Waals surface area (Å²) in [6, 6.07) is 1.18. The molecule has 0 bridgehead atoms. The molecule has 0 spiro atoms. The summed E-state index contributed by atoms with van der Waals surface area (Å²) in [5.41, 5.74) is 5.16. The Kier molecular flexibility index (Phi) is 4.96. The van der Waals surface area contributed by atoms with Crippen molar-refractivity contribution in [3.63, 3.8) is 0 Å². The number of nitrogens with zero attached hydrogens (tertiary/aromatic N) is 1. The van der Waals surface area contributed by atoms with Crippen LogP contribution in [0.3, 0.4) is 0 Å². The molecule has 0 aromatic rings. The van der Waals surface area contributed by atoms with Crippen LogP contribution in [-0.2, 0) is 4.79 Å². The third-order valence-corrected chi connectivity index (χ3v) is 3.29. The minimum atomic E-state index is -4.49. The van der Waals surface area contributed by atoms with Crippen LogP contribution in [-0.4, -0.2) is 24.7 Å². The van der Waals surface area contributed by atoms with Crippen LogP contribution in [0.2, 0.25) is 0 Å². The monoisotopic (exact) mass is 263 g/mol. The molecule has 4 nitrogen and oxygen atoms in total. The first-order valence-corrected chi connectivity index (χ1v) is 5.83. The van der Waals surface area contributed by atoms with E-state index in [2.05, 4.69) is 5.32 Å². The highest BCUT2D eigenvalue weighted by Gasteiger charge is 2.40. The summed E-state index contributed by atoms with van der Waals surface area (Å²) in [5, 5.41) is 11.2. The van der Waals surface area contributed by atoms with Crippen LogP contribution in [0, 0.1) is 23.2 Å². The highest BCUT2D eigenvalue weighted by molar-refractivity contribution is 5.76. The lowest BCUT2D eigenvalue weighted by Gasteiger charge is -2.28. The fourth-order valence-corrected chi connectivity index (χ4v) is 2.10. The number of primary amides is 1. The van der Waals surface area contributed by atoms with Gasteiger partial charge in [-0.1, -0.05) is 0 Å². The average Bonchev–Trinajstić information content (AvgIpc) is 2.28. The molecule has 1 atom stereocenters. The van der Waals surface area contributed by atoms with Gasteiger partial charge in [0.15, 0.2) is 5.92 Å². The van der Waals surface area contributed by atoms with E-state index >= 15 is 0 Å². The van der Waals surface area contributed by atoms with Gasteiger partial charge < -0.3 is 11.1 Å². The Bertz CT molecular complexity index is 329. The maximum atomic E-state index is 12.3. The second-order valence-electron chi connectivity index (χ2n) is 4.58. The van der Waals surface area contributed by atoms with Crippen molar-refractivity contribution in [1.29, 1.82) is 5.26 Å². The first kappa shape index (κ1) is 14.8. The number of carbonyl (C=O) groups excluding carboxylic acids is 1. The molecule has 18 heavy (non-hydrogen) atoms. The summed E-state index contributed by atoms with van der Waals surface area (Å²) in [5.74, 6) is -2.50. The van der Waals surface area contributed by atoms with Crippen LogP contribution >= 0.6 is 0 Å². The molecule has 0 aromatic heterocycles. The van der Waals surface area contributed by atoms with E-state index in [9.17, 15) is 18.0 Å². The molecule has 0 radical (unpaired) electrons. The van der Waals surface area contributed by atoms with Crippen molar-refractivity contribution in [2.24, 2.45) is 17.6 Å². The lowest BCUT2D eigenvalue weighted by atomic mass is 9.85. The summed E-state index contributed by atoms with van der Waals surface area (Å²) in [4.78, 5) is 10.9. The number of nitriles is 1.